The fraction of sp³-hybridized carbons (Fsp3) is 0.260. The normalized spacial score (nSPS) is 19.5. The number of methoxy groups -OCH3 is 2. The van der Waals surface area contributed by atoms with Crippen molar-refractivity contribution in [2.75, 3.05) is 75.6 Å². The molecule has 0 spiro atoms. The Hall–Kier alpha value is -17.0. The van der Waals surface area contributed by atoms with Gasteiger partial charge < -0.3 is 95.0 Å². The molecule has 20 N–H and O–H groups in total. The fourth-order valence-electron chi connectivity index (χ4n) is 18.7. The Bertz CT molecular complexity index is 7550. The average Bonchev–Trinajstić information content (AvgIpc) is 1.63. The fourth-order valence-corrected chi connectivity index (χ4v) is 18.7. The van der Waals surface area contributed by atoms with Crippen LogP contribution in [0.1, 0.15) is 128 Å². The molecule has 142 heavy (non-hydrogen) atoms. The average molecular weight is 1910 g/mol. The number of aromatic nitrogens is 15. The van der Waals surface area contributed by atoms with Gasteiger partial charge in [0.2, 0.25) is 0 Å². The lowest BCUT2D eigenvalue weighted by Crippen LogP contribution is -2.43. The van der Waals surface area contributed by atoms with Gasteiger partial charge in [-0.1, -0.05) is 109 Å². The molecule has 15 heterocycles. The zero-order chi connectivity index (χ0) is 98.9. The number of piperidine rings is 5. The van der Waals surface area contributed by atoms with Gasteiger partial charge in [0.15, 0.2) is 28.2 Å². The van der Waals surface area contributed by atoms with Crippen LogP contribution in [0.5, 0.6) is 23.0 Å². The summed E-state index contributed by atoms with van der Waals surface area (Å²) in [5.41, 5.74) is 48.9. The molecule has 0 bridgehead atoms. The number of carboxylic acids is 5. The van der Waals surface area contributed by atoms with Gasteiger partial charge in [-0.3, -0.25) is 24.0 Å². The quantitative estimate of drug-likeness (QED) is 0.0334. The number of carbonyl (C=O) groups is 5. The largest absolute Gasteiger partial charge is 0.497 e. The third-order valence-electron chi connectivity index (χ3n) is 26.6. The van der Waals surface area contributed by atoms with E-state index >= 15 is 0 Å². The third kappa shape index (κ3) is 20.9. The molecule has 10 unspecified atom stereocenters. The number of nitrogens with one attached hydrogen (secondary N) is 5. The van der Waals surface area contributed by atoms with Crippen molar-refractivity contribution in [3.63, 3.8) is 0 Å². The monoisotopic (exact) mass is 1910 g/mol. The number of aliphatic carboxylic acids is 5. The number of nitrogen functional groups attached to an aromatic ring is 5. The Balaban J connectivity index is 0.000000117. The first kappa shape index (κ1) is 95.3. The van der Waals surface area contributed by atoms with Crippen LogP contribution >= 0.6 is 0 Å². The Morgan fingerprint density at radius 2 is 0.592 bits per heavy atom. The highest BCUT2D eigenvalue weighted by molar-refractivity contribution is 5.91. The Morgan fingerprint density at radius 1 is 0.310 bits per heavy atom. The van der Waals surface area contributed by atoms with E-state index in [1.54, 1.807) is 67.8 Å². The second kappa shape index (κ2) is 42.1. The van der Waals surface area contributed by atoms with E-state index in [0.717, 1.165) is 156 Å². The van der Waals surface area contributed by atoms with Crippen LogP contribution in [0.4, 0.5) is 29.1 Å². The first-order valence-electron chi connectivity index (χ1n) is 46.6. The number of ether oxygens (including phenoxy) is 3. The molecule has 10 aromatic heterocycles. The number of nitrogens with two attached hydrogens (primary N) is 5. The molecule has 22 rings (SSSR count). The highest BCUT2D eigenvalue weighted by Gasteiger charge is 2.35. The van der Waals surface area contributed by atoms with Crippen LogP contribution in [0.25, 0.3) is 94.6 Å². The Morgan fingerprint density at radius 3 is 0.908 bits per heavy atom. The number of hydrogen-bond acceptors (Lipinski definition) is 28. The molecule has 5 saturated heterocycles. The van der Waals surface area contributed by atoms with E-state index in [0.29, 0.717) is 117 Å². The minimum atomic E-state index is -0.817. The molecule has 7 aromatic carbocycles. The van der Waals surface area contributed by atoms with Crippen molar-refractivity contribution in [3.05, 3.63) is 265 Å². The lowest BCUT2D eigenvalue weighted by atomic mass is 9.92. The van der Waals surface area contributed by atoms with Crippen LogP contribution in [0.3, 0.4) is 0 Å². The molecule has 0 radical (unpaired) electrons. The maximum atomic E-state index is 11.2. The van der Waals surface area contributed by atoms with Gasteiger partial charge in [-0.15, -0.1) is 6.42 Å². The van der Waals surface area contributed by atoms with Gasteiger partial charge >= 0.3 is 29.8 Å². The van der Waals surface area contributed by atoms with E-state index in [1.165, 1.54) is 5.39 Å². The van der Waals surface area contributed by atoms with Crippen LogP contribution in [-0.2, 0) is 24.0 Å². The van der Waals surface area contributed by atoms with E-state index < -0.39 is 60.1 Å². The zero-order valence-corrected chi connectivity index (χ0v) is 77.5. The number of carboxylic acid groups (broad SMARTS) is 5. The number of rotatable bonds is 19. The number of fused-ring (bicyclic) bond motifs is 6. The van der Waals surface area contributed by atoms with E-state index in [-0.39, 0.29) is 29.6 Å². The molecule has 724 valence electrons. The van der Waals surface area contributed by atoms with Crippen molar-refractivity contribution < 1.29 is 63.7 Å². The summed E-state index contributed by atoms with van der Waals surface area (Å²) >= 11 is 0. The summed E-state index contributed by atoms with van der Waals surface area (Å²) in [5.74, 6) is 4.72. The molecule has 17 aromatic rings. The van der Waals surface area contributed by atoms with Crippen molar-refractivity contribution in [2.24, 2.45) is 0 Å². The molecule has 5 aliphatic rings. The smallest absolute Gasteiger partial charge is 0.320 e. The molecule has 38 heteroatoms. The number of para-hydroxylation sites is 1. The number of hydrogen-bond donors (Lipinski definition) is 15. The minimum absolute atomic E-state index is 0.0994. The summed E-state index contributed by atoms with van der Waals surface area (Å²) in [7, 11) is 3.26. The standard InChI is InChI=1S/C24H23N5O3.C22H21N5O2.C20H19N5O2.2C19H21N5O3/c25-22-12-21(16-8-11-20(24(30)31)26-13-16)28-23-19(14-27-29(22)23)15-6-9-18(10-7-15)32-17-4-2-1-3-5-17;23-20-10-19(16-7-8-18(22(28)29)24-11-16)26-21-17(12-25-27(20)21)15-6-5-13-3-1-2-4-14(13)9-15;1-2-12-4-3-5-13(8-12)15-11-23-25-18(21)9-17(24-19(15)25)14-6-7-16(20(26)27)22-10-14;1-27-13-5-2-11(3-6-13)14-10-22-24-17(20)8-16(23-18(14)24)12-4-7-15(19(25)26)21-9-12;1-27-13-4-2-3-11(7-13)14-10-22-24-17(20)8-16(23-18(14)24)12-5-6-15(19(25)26)21-9-12/h1-7,9-10,12,14,16,20,26H,8,11,13,25H2,(H,30,31);1-6,9-10,12,16,18,24H,7-8,11,23H2,(H,28,29);1,3-5,8-9,11,14,16,22H,6-7,10,21H2,(H,26,27);2-3,5-6,8,10,12,15,21H,4,7,9,20H2,1H3,(H,25,26);2-4,7-8,10,12,15,21H,5-6,9,20H2,1H3,(H,25,26). The number of anilines is 5. The van der Waals surface area contributed by atoms with Crippen LogP contribution < -0.4 is 69.5 Å². The Kier molecular flexibility index (Phi) is 28.3. The Labute approximate surface area is 812 Å². The molecular weight excluding hydrogens is 1810 g/mol. The summed E-state index contributed by atoms with van der Waals surface area (Å²) < 4.78 is 24.5. The van der Waals surface area contributed by atoms with Gasteiger partial charge in [-0.25, -0.2) is 24.9 Å². The first-order valence-corrected chi connectivity index (χ1v) is 46.6. The summed E-state index contributed by atoms with van der Waals surface area (Å²) in [6, 6.07) is 61.6. The minimum Gasteiger partial charge on any atom is -0.497 e. The van der Waals surface area contributed by atoms with E-state index in [9.17, 15) is 34.2 Å². The number of nitrogens with zero attached hydrogens (tertiary/aromatic N) is 15. The van der Waals surface area contributed by atoms with Gasteiger partial charge in [-0.05, 0) is 170 Å². The molecule has 0 aliphatic carbocycles. The topological polar surface area (TPSA) is 555 Å². The van der Waals surface area contributed by atoms with Gasteiger partial charge in [0.05, 0.1) is 73.7 Å². The van der Waals surface area contributed by atoms with E-state index in [2.05, 4.69) is 88.3 Å². The van der Waals surface area contributed by atoms with E-state index in [4.69, 9.17) is 89.5 Å². The third-order valence-corrected chi connectivity index (χ3v) is 26.6. The molecule has 5 aliphatic heterocycles. The second-order valence-corrected chi connectivity index (χ2v) is 35.6. The van der Waals surface area contributed by atoms with Gasteiger partial charge in [0.25, 0.3) is 0 Å². The molecule has 38 nitrogen and oxygen atoms in total. The second-order valence-electron chi connectivity index (χ2n) is 35.6. The van der Waals surface area contributed by atoms with Crippen LogP contribution in [0.15, 0.2) is 231 Å². The van der Waals surface area contributed by atoms with Crippen molar-refractivity contribution >= 4 is 97.9 Å². The zero-order valence-electron chi connectivity index (χ0n) is 77.5. The predicted octanol–water partition coefficient (Wildman–Crippen LogP) is 12.4. The van der Waals surface area contributed by atoms with Crippen LogP contribution in [0.2, 0.25) is 0 Å². The molecule has 10 atom stereocenters. The van der Waals surface area contributed by atoms with Crippen LogP contribution in [-0.4, -0.2) is 206 Å². The summed E-state index contributed by atoms with van der Waals surface area (Å²) in [4.78, 5) is 79.9. The van der Waals surface area contributed by atoms with Crippen molar-refractivity contribution in [3.8, 4) is 91.0 Å². The van der Waals surface area contributed by atoms with Crippen LogP contribution in [0, 0.1) is 12.3 Å². The lowest BCUT2D eigenvalue weighted by molar-refractivity contribution is -0.141. The molecule has 0 saturated carbocycles. The first-order chi connectivity index (χ1) is 68.9. The van der Waals surface area contributed by atoms with E-state index in [1.807, 2.05) is 170 Å². The number of terminal acetylenes is 1. The molecule has 5 fully saturated rings. The summed E-state index contributed by atoms with van der Waals surface area (Å²) in [6.07, 6.45) is 20.8. The number of benzene rings is 7. The maximum absolute atomic E-state index is 11.2. The predicted molar refractivity (Wildman–Crippen MR) is 536 cm³/mol. The van der Waals surface area contributed by atoms with Gasteiger partial charge in [0, 0.05) is 126 Å². The highest BCUT2D eigenvalue weighted by Crippen LogP contribution is 2.39. The molecule has 0 amide bonds. The summed E-state index contributed by atoms with van der Waals surface area (Å²) in [5, 5.41) is 85.4. The summed E-state index contributed by atoms with van der Waals surface area (Å²) in [6.45, 7) is 2.79. The van der Waals surface area contributed by atoms with Crippen molar-refractivity contribution in [2.45, 2.75) is 124 Å². The molecular formula is C104H105N25O13. The van der Waals surface area contributed by atoms with Gasteiger partial charge in [0.1, 0.15) is 82.3 Å². The SMILES string of the molecule is C#Cc1cccc(-c2cnn3c(N)cc(C4CCC(C(=O)O)NC4)nc23)c1.COc1ccc(-c2cnn3c(N)cc(C4CCC(C(=O)O)NC4)nc23)cc1.COc1cccc(-c2cnn3c(N)cc(C4CCC(C(=O)O)NC4)nc23)c1.Nc1cc(C2CCC(C(=O)O)NC2)nc2c(-c3ccc(Oc4ccccc4)cc3)cnn12.Nc1cc(C2CCC(C(=O)O)NC2)nc2c(-c3ccc4ccccc4c3)cnn12. The maximum Gasteiger partial charge on any atom is 0.320 e. The lowest BCUT2D eigenvalue weighted by Gasteiger charge is -2.27. The highest BCUT2D eigenvalue weighted by atomic mass is 16.5. The van der Waals surface area contributed by atoms with Crippen molar-refractivity contribution in [1.82, 2.24) is 99.6 Å². The van der Waals surface area contributed by atoms with Gasteiger partial charge in [-0.2, -0.15) is 48.1 Å². The van der Waals surface area contributed by atoms with Crippen molar-refractivity contribution in [1.29, 1.82) is 0 Å².